The van der Waals surface area contributed by atoms with E-state index in [0.29, 0.717) is 62.8 Å². The number of ether oxygens (including phenoxy) is 2. The fourth-order valence-corrected chi connectivity index (χ4v) is 4.93. The number of halogens is 1. The van der Waals surface area contributed by atoms with Gasteiger partial charge in [0.25, 0.3) is 5.91 Å². The van der Waals surface area contributed by atoms with E-state index in [1.165, 1.54) is 23.5 Å². The summed E-state index contributed by atoms with van der Waals surface area (Å²) in [5.41, 5.74) is 2.57. The van der Waals surface area contributed by atoms with Crippen LogP contribution in [0.1, 0.15) is 30.3 Å². The summed E-state index contributed by atoms with van der Waals surface area (Å²) >= 11 is 1.36. The van der Waals surface area contributed by atoms with Gasteiger partial charge >= 0.3 is 0 Å². The maximum Gasteiger partial charge on any atom is 0.271 e. The maximum atomic E-state index is 13.8. The number of aromatic nitrogens is 3. The summed E-state index contributed by atoms with van der Waals surface area (Å²) in [7, 11) is 0. The average molecular weight is 515 g/mol. The molecular formula is C24H27FN6O4S. The van der Waals surface area contributed by atoms with Crippen LogP contribution in [0.4, 0.5) is 10.2 Å². The first-order chi connectivity index (χ1) is 17.5. The number of carbonyl (C=O) groups is 2. The average Bonchev–Trinajstić information content (AvgIpc) is 3.29. The topological polar surface area (TPSA) is 119 Å². The largest absolute Gasteiger partial charge is 0.488 e. The summed E-state index contributed by atoms with van der Waals surface area (Å²) in [6.45, 7) is 4.61. The molecule has 0 spiro atoms. The molecule has 12 heteroatoms. The SMILES string of the molecule is CCOCCNC(=O)c1ccc(N2CC(NC(=O)[C@H]3C[C@H](Oc4cc(F)cc5scnc45)C3)C2)nn1. The highest BCUT2D eigenvalue weighted by Gasteiger charge is 2.39. The molecule has 2 N–H and O–H groups in total. The number of thiazole rings is 1. The molecule has 1 saturated heterocycles. The fourth-order valence-electron chi connectivity index (χ4n) is 4.21. The van der Waals surface area contributed by atoms with Crippen molar-refractivity contribution in [3.63, 3.8) is 0 Å². The smallest absolute Gasteiger partial charge is 0.271 e. The van der Waals surface area contributed by atoms with Crippen LogP contribution in [0.3, 0.4) is 0 Å². The number of nitrogens with one attached hydrogen (secondary N) is 2. The summed E-state index contributed by atoms with van der Waals surface area (Å²) < 4.78 is 25.7. The Kier molecular flexibility index (Phi) is 7.23. The predicted octanol–water partition coefficient (Wildman–Crippen LogP) is 2.15. The standard InChI is InChI=1S/C24H27FN6O4S/c1-2-34-6-5-26-24(33)18-3-4-21(30-29-18)31-11-16(12-31)28-23(32)14-7-17(8-14)35-19-9-15(25)10-20-22(19)27-13-36-20/h3-4,9-10,13-14,16-17H,2,5-8,11-12H2,1H3,(H,26,33)(H,28,32)/t14-,17-. The Balaban J connectivity index is 1.03. The molecule has 10 nitrogen and oxygen atoms in total. The minimum absolute atomic E-state index is 0.00250. The molecule has 0 atom stereocenters. The molecule has 2 amide bonds. The lowest BCUT2D eigenvalue weighted by atomic mass is 9.81. The van der Waals surface area contributed by atoms with Gasteiger partial charge in [-0.2, -0.15) is 0 Å². The second-order valence-electron chi connectivity index (χ2n) is 8.85. The first-order valence-corrected chi connectivity index (χ1v) is 12.8. The van der Waals surface area contributed by atoms with Crippen molar-refractivity contribution in [1.29, 1.82) is 0 Å². The number of nitrogens with zero attached hydrogens (tertiary/aromatic N) is 4. The van der Waals surface area contributed by atoms with Crippen LogP contribution in [0, 0.1) is 11.7 Å². The fraction of sp³-hybridized carbons (Fsp3) is 0.458. The van der Waals surface area contributed by atoms with Gasteiger partial charge in [0.2, 0.25) is 5.91 Å². The van der Waals surface area contributed by atoms with Gasteiger partial charge in [0.15, 0.2) is 11.5 Å². The molecule has 0 unspecified atom stereocenters. The van der Waals surface area contributed by atoms with Crippen LogP contribution in [0.2, 0.25) is 0 Å². The Morgan fingerprint density at radius 2 is 2.06 bits per heavy atom. The molecule has 5 rings (SSSR count). The van der Waals surface area contributed by atoms with E-state index in [1.54, 1.807) is 17.6 Å². The highest BCUT2D eigenvalue weighted by atomic mass is 32.1. The van der Waals surface area contributed by atoms with Gasteiger partial charge < -0.3 is 25.0 Å². The van der Waals surface area contributed by atoms with E-state index in [9.17, 15) is 14.0 Å². The van der Waals surface area contributed by atoms with E-state index in [-0.39, 0.29) is 41.4 Å². The van der Waals surface area contributed by atoms with E-state index >= 15 is 0 Å². The molecule has 0 radical (unpaired) electrons. The molecule has 36 heavy (non-hydrogen) atoms. The molecule has 190 valence electrons. The maximum absolute atomic E-state index is 13.8. The van der Waals surface area contributed by atoms with Gasteiger partial charge in [-0.05, 0) is 38.0 Å². The Hall–Kier alpha value is -3.38. The number of carbonyl (C=O) groups excluding carboxylic acids is 2. The van der Waals surface area contributed by atoms with Crippen molar-refractivity contribution in [2.75, 3.05) is 37.7 Å². The van der Waals surface area contributed by atoms with Crippen LogP contribution in [-0.2, 0) is 9.53 Å². The molecule has 2 fully saturated rings. The van der Waals surface area contributed by atoms with Crippen LogP contribution in [0.5, 0.6) is 5.75 Å². The summed E-state index contributed by atoms with van der Waals surface area (Å²) in [4.78, 5) is 30.9. The number of fused-ring (bicyclic) bond motifs is 1. The van der Waals surface area contributed by atoms with Gasteiger partial charge in [-0.25, -0.2) is 9.37 Å². The Bertz CT molecular complexity index is 1230. The van der Waals surface area contributed by atoms with E-state index < -0.39 is 0 Å². The molecule has 2 aromatic heterocycles. The molecule has 0 bridgehead atoms. The summed E-state index contributed by atoms with van der Waals surface area (Å²) in [6, 6.07) is 6.21. The van der Waals surface area contributed by atoms with Crippen LogP contribution in [0.25, 0.3) is 10.2 Å². The molecular weight excluding hydrogens is 487 g/mol. The normalized spacial score (nSPS) is 19.4. The van der Waals surface area contributed by atoms with E-state index in [4.69, 9.17) is 9.47 Å². The second-order valence-corrected chi connectivity index (χ2v) is 9.74. The zero-order valence-electron chi connectivity index (χ0n) is 19.8. The number of benzene rings is 1. The van der Waals surface area contributed by atoms with Crippen LogP contribution in [-0.4, -0.2) is 72.0 Å². The minimum atomic E-state index is -0.356. The Labute approximate surface area is 211 Å². The minimum Gasteiger partial charge on any atom is -0.488 e. The molecule has 3 aromatic rings. The van der Waals surface area contributed by atoms with E-state index in [2.05, 4.69) is 25.8 Å². The number of amides is 2. The molecule has 2 aliphatic rings. The summed E-state index contributed by atoms with van der Waals surface area (Å²) in [5.74, 6) is 0.321. The zero-order chi connectivity index (χ0) is 25.1. The third-order valence-corrected chi connectivity index (χ3v) is 7.07. The van der Waals surface area contributed by atoms with Crippen LogP contribution >= 0.6 is 11.3 Å². The highest BCUT2D eigenvalue weighted by Crippen LogP contribution is 2.35. The van der Waals surface area contributed by atoms with Crippen molar-refractivity contribution >= 4 is 39.2 Å². The van der Waals surface area contributed by atoms with Crippen molar-refractivity contribution in [1.82, 2.24) is 25.8 Å². The lowest BCUT2D eigenvalue weighted by Gasteiger charge is -2.42. The Morgan fingerprint density at radius 3 is 2.81 bits per heavy atom. The Morgan fingerprint density at radius 1 is 1.22 bits per heavy atom. The van der Waals surface area contributed by atoms with Gasteiger partial charge in [-0.3, -0.25) is 9.59 Å². The molecule has 1 saturated carbocycles. The second kappa shape index (κ2) is 10.7. The highest BCUT2D eigenvalue weighted by molar-refractivity contribution is 7.16. The van der Waals surface area contributed by atoms with Crippen molar-refractivity contribution in [2.24, 2.45) is 5.92 Å². The lowest BCUT2D eigenvalue weighted by molar-refractivity contribution is -0.131. The number of rotatable bonds is 10. The van der Waals surface area contributed by atoms with Gasteiger partial charge in [0, 0.05) is 38.2 Å². The molecule has 1 aliphatic heterocycles. The lowest BCUT2D eigenvalue weighted by Crippen LogP contribution is -2.61. The molecule has 3 heterocycles. The quantitative estimate of drug-likeness (QED) is 0.395. The van der Waals surface area contributed by atoms with Gasteiger partial charge in [-0.1, -0.05) is 0 Å². The summed E-state index contributed by atoms with van der Waals surface area (Å²) in [5, 5.41) is 13.9. The third kappa shape index (κ3) is 5.39. The first-order valence-electron chi connectivity index (χ1n) is 11.9. The number of anilines is 1. The predicted molar refractivity (Wildman–Crippen MR) is 132 cm³/mol. The van der Waals surface area contributed by atoms with Gasteiger partial charge in [0.05, 0.1) is 22.9 Å². The van der Waals surface area contributed by atoms with Crippen molar-refractivity contribution in [2.45, 2.75) is 31.9 Å². The van der Waals surface area contributed by atoms with E-state index in [1.807, 2.05) is 11.8 Å². The summed E-state index contributed by atoms with van der Waals surface area (Å²) in [6.07, 6.45) is 1.05. The number of hydrogen-bond acceptors (Lipinski definition) is 9. The third-order valence-electron chi connectivity index (χ3n) is 6.30. The number of hydrogen-bond donors (Lipinski definition) is 2. The van der Waals surface area contributed by atoms with Crippen molar-refractivity contribution in [3.05, 3.63) is 41.3 Å². The monoisotopic (exact) mass is 514 g/mol. The van der Waals surface area contributed by atoms with E-state index in [0.717, 1.165) is 4.70 Å². The van der Waals surface area contributed by atoms with Gasteiger partial charge in [0.1, 0.15) is 23.2 Å². The molecule has 1 aromatic carbocycles. The first kappa shape index (κ1) is 24.3. The van der Waals surface area contributed by atoms with Crippen LogP contribution in [0.15, 0.2) is 29.8 Å². The van der Waals surface area contributed by atoms with Crippen LogP contribution < -0.4 is 20.3 Å². The van der Waals surface area contributed by atoms with Gasteiger partial charge in [-0.15, -0.1) is 21.5 Å². The molecule has 1 aliphatic carbocycles. The van der Waals surface area contributed by atoms with Crippen molar-refractivity contribution < 1.29 is 23.5 Å². The zero-order valence-corrected chi connectivity index (χ0v) is 20.6. The van der Waals surface area contributed by atoms with Crippen molar-refractivity contribution in [3.8, 4) is 5.75 Å².